The molecule has 0 fully saturated rings. The third kappa shape index (κ3) is 2.97. The van der Waals surface area contributed by atoms with Gasteiger partial charge >= 0.3 is 0 Å². The molecule has 0 aliphatic heterocycles. The number of nitrogens with one attached hydrogen (secondary N) is 1. The zero-order valence-electron chi connectivity index (χ0n) is 10.8. The quantitative estimate of drug-likeness (QED) is 0.798. The lowest BCUT2D eigenvalue weighted by Gasteiger charge is -2.15. The van der Waals surface area contributed by atoms with Crippen molar-refractivity contribution in [1.29, 1.82) is 0 Å². The molecule has 1 aromatic rings. The van der Waals surface area contributed by atoms with Gasteiger partial charge < -0.3 is 15.4 Å². The summed E-state index contributed by atoms with van der Waals surface area (Å²) in [5.74, 6) is 0.0241. The second-order valence-electron chi connectivity index (χ2n) is 4.27. The highest BCUT2D eigenvalue weighted by atomic mass is 16.5. The first-order chi connectivity index (χ1) is 7.99. The minimum Gasteiger partial charge on any atom is -0.395 e. The molecule has 6 heteroatoms. The van der Waals surface area contributed by atoms with E-state index in [1.807, 2.05) is 13.8 Å². The van der Waals surface area contributed by atoms with Crippen molar-refractivity contribution in [2.24, 2.45) is 0 Å². The van der Waals surface area contributed by atoms with Gasteiger partial charge in [-0.1, -0.05) is 13.8 Å². The number of anilines is 1. The van der Waals surface area contributed by atoms with Crippen LogP contribution in [0.1, 0.15) is 35.9 Å². The van der Waals surface area contributed by atoms with Crippen molar-refractivity contribution in [2.75, 3.05) is 33.0 Å². The largest absolute Gasteiger partial charge is 0.395 e. The molecule has 0 aliphatic carbocycles. The Morgan fingerprint density at radius 1 is 1.59 bits per heavy atom. The zero-order valence-corrected chi connectivity index (χ0v) is 10.8. The second-order valence-corrected chi connectivity index (χ2v) is 4.27. The van der Waals surface area contributed by atoms with E-state index in [1.54, 1.807) is 19.1 Å². The van der Waals surface area contributed by atoms with Gasteiger partial charge in [-0.25, -0.2) is 0 Å². The summed E-state index contributed by atoms with van der Waals surface area (Å²) in [4.78, 5) is 13.6. The smallest absolute Gasteiger partial charge is 0.276 e. The number of nitrogens with zero attached hydrogens (tertiary/aromatic N) is 2. The predicted octanol–water partition coefficient (Wildman–Crippen LogP) is 0.834. The lowest BCUT2D eigenvalue weighted by atomic mass is 10.1. The van der Waals surface area contributed by atoms with Crippen LogP contribution in [0.5, 0.6) is 0 Å². The summed E-state index contributed by atoms with van der Waals surface area (Å²) in [6.45, 7) is 4.99. The maximum atomic E-state index is 12.0. The average Bonchev–Trinajstić information content (AvgIpc) is 2.67. The van der Waals surface area contributed by atoms with Crippen molar-refractivity contribution in [3.63, 3.8) is 0 Å². The van der Waals surface area contributed by atoms with Crippen LogP contribution in [0.2, 0.25) is 0 Å². The molecule has 3 N–H and O–H groups in total. The maximum Gasteiger partial charge on any atom is 0.276 e. The normalized spacial score (nSPS) is 10.9. The average molecular weight is 240 g/mol. The van der Waals surface area contributed by atoms with E-state index in [4.69, 9.17) is 10.5 Å². The lowest BCUT2D eigenvalue weighted by Crippen LogP contribution is -2.30. The molecule has 0 saturated carbocycles. The predicted molar refractivity (Wildman–Crippen MR) is 65.9 cm³/mol. The molecule has 1 amide bonds. The molecule has 0 aliphatic rings. The molecular weight excluding hydrogens is 220 g/mol. The molecule has 6 nitrogen and oxygen atoms in total. The number of aromatic amines is 1. The maximum absolute atomic E-state index is 12.0. The highest BCUT2D eigenvalue weighted by molar-refractivity contribution is 5.97. The van der Waals surface area contributed by atoms with Crippen molar-refractivity contribution in [3.8, 4) is 0 Å². The molecule has 96 valence electrons. The molecule has 0 spiro atoms. The Kier molecular flexibility index (Phi) is 4.51. The number of ether oxygens (including phenoxy) is 1. The highest BCUT2D eigenvalue weighted by Crippen LogP contribution is 2.22. The topological polar surface area (TPSA) is 84.2 Å². The van der Waals surface area contributed by atoms with Gasteiger partial charge in [0.2, 0.25) is 0 Å². The van der Waals surface area contributed by atoms with Crippen molar-refractivity contribution in [1.82, 2.24) is 15.1 Å². The highest BCUT2D eigenvalue weighted by Gasteiger charge is 2.21. The third-order valence-electron chi connectivity index (χ3n) is 2.59. The molecule has 0 saturated heterocycles. The number of carbonyl (C=O) groups is 1. The van der Waals surface area contributed by atoms with Crippen molar-refractivity contribution in [2.45, 2.75) is 19.8 Å². The van der Waals surface area contributed by atoms with Crippen LogP contribution in [-0.2, 0) is 4.74 Å². The van der Waals surface area contributed by atoms with Gasteiger partial charge in [-0.15, -0.1) is 0 Å². The number of rotatable bonds is 5. The number of nitrogens with two attached hydrogens (primary N) is 1. The number of likely N-dealkylation sites (N-methyl/N-ethyl adjacent to an activating group) is 1. The molecule has 17 heavy (non-hydrogen) atoms. The summed E-state index contributed by atoms with van der Waals surface area (Å²) < 4.78 is 4.92. The van der Waals surface area contributed by atoms with Crippen LogP contribution in [0, 0.1) is 0 Å². The summed E-state index contributed by atoms with van der Waals surface area (Å²) in [6, 6.07) is 0. The number of aromatic nitrogens is 2. The van der Waals surface area contributed by atoms with E-state index in [-0.39, 0.29) is 17.5 Å². The SMILES string of the molecule is COCCN(C)C(=O)c1n[nH]c(C(C)C)c1N. The molecule has 1 rings (SSSR count). The summed E-state index contributed by atoms with van der Waals surface area (Å²) in [5.41, 5.74) is 7.42. The van der Waals surface area contributed by atoms with Crippen molar-refractivity contribution in [3.05, 3.63) is 11.4 Å². The van der Waals surface area contributed by atoms with E-state index in [0.717, 1.165) is 5.69 Å². The van der Waals surface area contributed by atoms with Crippen LogP contribution in [0.3, 0.4) is 0 Å². The second kappa shape index (κ2) is 5.67. The fraction of sp³-hybridized carbons (Fsp3) is 0.636. The van der Waals surface area contributed by atoms with Gasteiger partial charge in [0, 0.05) is 20.7 Å². The Morgan fingerprint density at radius 3 is 2.71 bits per heavy atom. The number of hydrogen-bond donors (Lipinski definition) is 2. The molecular formula is C11H20N4O2. The first-order valence-corrected chi connectivity index (χ1v) is 5.57. The molecule has 1 heterocycles. The Bertz CT molecular complexity index is 387. The lowest BCUT2D eigenvalue weighted by molar-refractivity contribution is 0.0739. The minimum absolute atomic E-state index is 0.192. The fourth-order valence-electron chi connectivity index (χ4n) is 1.48. The molecule has 0 atom stereocenters. The van der Waals surface area contributed by atoms with Crippen LogP contribution >= 0.6 is 0 Å². The monoisotopic (exact) mass is 240 g/mol. The number of H-pyrrole nitrogens is 1. The first-order valence-electron chi connectivity index (χ1n) is 5.57. The van der Waals surface area contributed by atoms with Crippen LogP contribution < -0.4 is 5.73 Å². The Hall–Kier alpha value is -1.56. The number of hydrogen-bond acceptors (Lipinski definition) is 4. The van der Waals surface area contributed by atoms with E-state index < -0.39 is 0 Å². The van der Waals surface area contributed by atoms with Crippen LogP contribution in [0.4, 0.5) is 5.69 Å². The molecule has 1 aromatic heterocycles. The summed E-state index contributed by atoms with van der Waals surface area (Å²) in [5, 5.41) is 6.80. The zero-order chi connectivity index (χ0) is 13.0. The molecule has 0 aromatic carbocycles. The number of methoxy groups -OCH3 is 1. The van der Waals surface area contributed by atoms with Gasteiger partial charge in [-0.05, 0) is 5.92 Å². The number of carbonyl (C=O) groups excluding carboxylic acids is 1. The summed E-state index contributed by atoms with van der Waals surface area (Å²) in [7, 11) is 3.29. The molecule has 0 bridgehead atoms. The standard InChI is InChI=1S/C11H20N4O2/c1-7(2)9-8(12)10(14-13-9)11(16)15(3)5-6-17-4/h7H,5-6,12H2,1-4H3,(H,13,14). The summed E-state index contributed by atoms with van der Waals surface area (Å²) in [6.07, 6.45) is 0. The number of amides is 1. The van der Waals surface area contributed by atoms with E-state index in [2.05, 4.69) is 10.2 Å². The van der Waals surface area contributed by atoms with Gasteiger partial charge in [0.05, 0.1) is 18.0 Å². The fourth-order valence-corrected chi connectivity index (χ4v) is 1.48. The molecule has 0 radical (unpaired) electrons. The van der Waals surface area contributed by atoms with E-state index in [1.165, 1.54) is 0 Å². The minimum atomic E-state index is -0.192. The Morgan fingerprint density at radius 2 is 2.24 bits per heavy atom. The van der Waals surface area contributed by atoms with E-state index in [0.29, 0.717) is 18.8 Å². The van der Waals surface area contributed by atoms with Gasteiger partial charge in [0.25, 0.3) is 5.91 Å². The summed E-state index contributed by atoms with van der Waals surface area (Å²) >= 11 is 0. The number of nitrogen functional groups attached to an aromatic ring is 1. The van der Waals surface area contributed by atoms with Crippen molar-refractivity contribution >= 4 is 11.6 Å². The Labute approximate surface area is 101 Å². The molecule has 0 unspecified atom stereocenters. The van der Waals surface area contributed by atoms with E-state index >= 15 is 0 Å². The van der Waals surface area contributed by atoms with Gasteiger partial charge in [0.15, 0.2) is 5.69 Å². The first kappa shape index (κ1) is 13.5. The van der Waals surface area contributed by atoms with Crippen LogP contribution in [0.15, 0.2) is 0 Å². The van der Waals surface area contributed by atoms with E-state index in [9.17, 15) is 4.79 Å². The van der Waals surface area contributed by atoms with Gasteiger partial charge in [-0.2, -0.15) is 5.10 Å². The van der Waals surface area contributed by atoms with Gasteiger partial charge in [0.1, 0.15) is 0 Å². The Balaban J connectivity index is 2.82. The van der Waals surface area contributed by atoms with Crippen molar-refractivity contribution < 1.29 is 9.53 Å². The third-order valence-corrected chi connectivity index (χ3v) is 2.59. The van der Waals surface area contributed by atoms with Crippen LogP contribution in [-0.4, -0.2) is 48.3 Å². The van der Waals surface area contributed by atoms with Crippen LogP contribution in [0.25, 0.3) is 0 Å². The van der Waals surface area contributed by atoms with Gasteiger partial charge in [-0.3, -0.25) is 9.89 Å².